The quantitative estimate of drug-likeness (QED) is 0.150. The summed E-state index contributed by atoms with van der Waals surface area (Å²) in [5, 5.41) is 10.9. The van der Waals surface area contributed by atoms with E-state index in [4.69, 9.17) is 9.84 Å². The molecule has 5 rings (SSSR count). The van der Waals surface area contributed by atoms with E-state index in [1.807, 2.05) is 0 Å². The Kier molecular flexibility index (Phi) is 7.64. The van der Waals surface area contributed by atoms with Crippen molar-refractivity contribution < 1.29 is 45.4 Å². The minimum atomic E-state index is -4.76. The molecule has 0 unspecified atom stereocenters. The molecule has 1 fully saturated rings. The molecule has 0 bridgehead atoms. The van der Waals surface area contributed by atoms with E-state index < -0.39 is 40.7 Å². The monoisotopic (exact) mass is 628 g/mol. The third-order valence-corrected chi connectivity index (χ3v) is 8.65. The molecule has 14 heteroatoms. The van der Waals surface area contributed by atoms with Crippen LogP contribution in [-0.4, -0.2) is 29.3 Å². The lowest BCUT2D eigenvalue weighted by atomic mass is 9.92. The fraction of sp³-hybridized carbons (Fsp3) is 0.214. The van der Waals surface area contributed by atoms with E-state index in [2.05, 4.69) is 9.71 Å². The first-order valence-corrected chi connectivity index (χ1v) is 13.8. The van der Waals surface area contributed by atoms with Gasteiger partial charge in [0.15, 0.2) is 0 Å². The van der Waals surface area contributed by atoms with E-state index in [0.29, 0.717) is 5.56 Å². The van der Waals surface area contributed by atoms with Gasteiger partial charge in [-0.2, -0.15) is 26.3 Å². The molecule has 3 aromatic carbocycles. The summed E-state index contributed by atoms with van der Waals surface area (Å²) in [7, 11) is 1.26. The van der Waals surface area contributed by atoms with Crippen LogP contribution in [0, 0.1) is 5.82 Å². The lowest BCUT2D eigenvalue weighted by molar-refractivity contribution is -0.160. The molecular weight excluding hydrogens is 609 g/mol. The molecule has 0 saturated heterocycles. The largest absolute Gasteiger partial charge is 0.495 e. The Morgan fingerprint density at radius 1 is 1.02 bits per heavy atom. The summed E-state index contributed by atoms with van der Waals surface area (Å²) >= 11 is 1.80. The molecule has 5 nitrogen and oxygen atoms in total. The van der Waals surface area contributed by atoms with Gasteiger partial charge in [-0.1, -0.05) is 36.4 Å². The molecule has 2 N–H and O–H groups in total. The normalized spacial score (nSPS) is 14.5. The second-order valence-electron chi connectivity index (χ2n) is 9.45. The predicted octanol–water partition coefficient (Wildman–Crippen LogP) is 9.05. The number of aromatic nitrogens is 1. The number of rotatable bonds is 8. The molecule has 1 heterocycles. The smallest absolute Gasteiger partial charge is 0.417 e. The number of methoxy groups -OCH3 is 1. The molecular formula is C28H19F7N2O3S2. The van der Waals surface area contributed by atoms with Gasteiger partial charge >= 0.3 is 18.3 Å². The molecule has 220 valence electrons. The molecule has 4 aromatic rings. The lowest BCUT2D eigenvalue weighted by Crippen LogP contribution is -2.28. The van der Waals surface area contributed by atoms with E-state index >= 15 is 0 Å². The highest BCUT2D eigenvalue weighted by Crippen LogP contribution is 2.59. The van der Waals surface area contributed by atoms with E-state index in [0.717, 1.165) is 41.5 Å². The zero-order valence-electron chi connectivity index (χ0n) is 21.4. The molecule has 42 heavy (non-hydrogen) atoms. The molecule has 0 aliphatic heterocycles. The first-order chi connectivity index (χ1) is 19.7. The molecule has 1 aromatic heterocycles. The van der Waals surface area contributed by atoms with Gasteiger partial charge in [-0.3, -0.25) is 0 Å². The lowest BCUT2D eigenvalue weighted by Gasteiger charge is -2.20. The van der Waals surface area contributed by atoms with E-state index in [9.17, 15) is 35.5 Å². The summed E-state index contributed by atoms with van der Waals surface area (Å²) in [6, 6.07) is 11.0. The molecule has 0 atom stereocenters. The zero-order valence-corrected chi connectivity index (χ0v) is 23.0. The van der Waals surface area contributed by atoms with Crippen LogP contribution < -0.4 is 9.46 Å². The minimum Gasteiger partial charge on any atom is -0.495 e. The summed E-state index contributed by atoms with van der Waals surface area (Å²) < 4.78 is 105. The van der Waals surface area contributed by atoms with E-state index in [1.54, 1.807) is 0 Å². The minimum absolute atomic E-state index is 0.0200. The number of aromatic carboxylic acids is 1. The number of halogens is 7. The molecule has 1 aliphatic carbocycles. The number of thiazole rings is 1. The van der Waals surface area contributed by atoms with Crippen molar-refractivity contribution >= 4 is 34.9 Å². The number of benzene rings is 3. The van der Waals surface area contributed by atoms with Crippen molar-refractivity contribution in [1.29, 1.82) is 0 Å². The van der Waals surface area contributed by atoms with Crippen LogP contribution in [0.2, 0.25) is 0 Å². The van der Waals surface area contributed by atoms with Gasteiger partial charge in [0.05, 0.1) is 29.3 Å². The van der Waals surface area contributed by atoms with Crippen molar-refractivity contribution in [3.05, 3.63) is 82.5 Å². The Morgan fingerprint density at radius 3 is 2.26 bits per heavy atom. The number of carboxylic acids is 1. The number of hydrogen-bond acceptors (Lipinski definition) is 6. The average Bonchev–Trinajstić information content (AvgIpc) is 3.63. The SMILES string of the molecule is COc1cc(C(=O)O)c(F)cc1NSc1csc(-c2ccc(-c3ccc(C4(C(F)(F)F)CC4)cc3)cc2C(F)(F)F)n1. The van der Waals surface area contributed by atoms with Crippen LogP contribution in [0.15, 0.2) is 65.0 Å². The molecule has 0 spiro atoms. The first-order valence-electron chi connectivity index (χ1n) is 12.1. The summed E-state index contributed by atoms with van der Waals surface area (Å²) in [6.45, 7) is 0. The van der Waals surface area contributed by atoms with Crippen LogP contribution in [0.5, 0.6) is 5.75 Å². The van der Waals surface area contributed by atoms with Crippen molar-refractivity contribution in [2.45, 2.75) is 35.6 Å². The average molecular weight is 629 g/mol. The third-order valence-electron chi connectivity index (χ3n) is 6.89. The fourth-order valence-corrected chi connectivity index (χ4v) is 6.12. The molecule has 0 radical (unpaired) electrons. The number of hydrogen-bond donors (Lipinski definition) is 2. The number of ether oxygens (including phenoxy) is 1. The van der Waals surface area contributed by atoms with Gasteiger partial charge in [0.25, 0.3) is 0 Å². The number of carboxylic acid groups (broad SMARTS) is 1. The van der Waals surface area contributed by atoms with Crippen LogP contribution >= 0.6 is 23.3 Å². The molecule has 0 amide bonds. The third kappa shape index (κ3) is 5.64. The van der Waals surface area contributed by atoms with Crippen LogP contribution in [-0.2, 0) is 11.6 Å². The van der Waals surface area contributed by atoms with Gasteiger partial charge in [-0.15, -0.1) is 11.3 Å². The molecule has 1 aliphatic rings. The maximum absolute atomic E-state index is 14.2. The highest BCUT2D eigenvalue weighted by atomic mass is 32.2. The Morgan fingerprint density at radius 2 is 1.69 bits per heavy atom. The summed E-state index contributed by atoms with van der Waals surface area (Å²) in [5.74, 6) is -2.46. The van der Waals surface area contributed by atoms with Crippen LogP contribution in [0.1, 0.15) is 34.3 Å². The second kappa shape index (κ2) is 10.8. The Balaban J connectivity index is 1.39. The first kappa shape index (κ1) is 29.7. The Labute approximate surface area is 242 Å². The standard InChI is InChI=1S/C28H19F7N2O3S2/c1-40-22-11-18(25(38)39)20(29)12-21(22)37-42-23-13-41-24(36-23)17-7-4-15(10-19(17)27(30,31)32)14-2-5-16(6-3-14)26(8-9-26)28(33,34)35/h2-7,10-13,37H,8-9H2,1H3,(H,38,39). The Bertz CT molecular complexity index is 1650. The zero-order chi connectivity index (χ0) is 30.4. The Hall–Kier alpha value is -3.78. The number of carbonyl (C=O) groups is 1. The highest BCUT2D eigenvalue weighted by molar-refractivity contribution is 8.00. The van der Waals surface area contributed by atoms with Gasteiger partial charge < -0.3 is 14.6 Å². The van der Waals surface area contributed by atoms with Crippen molar-refractivity contribution in [3.63, 3.8) is 0 Å². The van der Waals surface area contributed by atoms with E-state index in [-0.39, 0.29) is 51.0 Å². The fourth-order valence-electron chi connectivity index (χ4n) is 4.49. The van der Waals surface area contributed by atoms with Crippen LogP contribution in [0.3, 0.4) is 0 Å². The predicted molar refractivity (Wildman–Crippen MR) is 144 cm³/mol. The van der Waals surface area contributed by atoms with Gasteiger partial charge in [-0.05, 0) is 41.7 Å². The van der Waals surface area contributed by atoms with Crippen molar-refractivity contribution in [1.82, 2.24) is 4.98 Å². The number of alkyl halides is 6. The number of nitrogens with zero attached hydrogens (tertiary/aromatic N) is 1. The summed E-state index contributed by atoms with van der Waals surface area (Å²) in [4.78, 5) is 15.4. The number of nitrogens with one attached hydrogen (secondary N) is 1. The molecule has 1 saturated carbocycles. The van der Waals surface area contributed by atoms with Crippen molar-refractivity contribution in [3.8, 4) is 27.4 Å². The van der Waals surface area contributed by atoms with Crippen molar-refractivity contribution in [2.75, 3.05) is 11.8 Å². The van der Waals surface area contributed by atoms with Crippen molar-refractivity contribution in [2.24, 2.45) is 0 Å². The van der Waals surface area contributed by atoms with Crippen LogP contribution in [0.4, 0.5) is 36.4 Å². The van der Waals surface area contributed by atoms with Crippen LogP contribution in [0.25, 0.3) is 21.7 Å². The van der Waals surface area contributed by atoms with E-state index in [1.165, 1.54) is 48.9 Å². The van der Waals surface area contributed by atoms with Gasteiger partial charge in [0.1, 0.15) is 21.6 Å². The van der Waals surface area contributed by atoms with Gasteiger partial charge in [0, 0.05) is 29.0 Å². The van der Waals surface area contributed by atoms with Gasteiger partial charge in [-0.25, -0.2) is 14.2 Å². The second-order valence-corrected chi connectivity index (χ2v) is 11.1. The summed E-state index contributed by atoms with van der Waals surface area (Å²) in [5.41, 5.74) is -2.94. The topological polar surface area (TPSA) is 71.5 Å². The summed E-state index contributed by atoms with van der Waals surface area (Å²) in [6.07, 6.45) is -9.19. The maximum Gasteiger partial charge on any atom is 0.417 e. The highest BCUT2D eigenvalue weighted by Gasteiger charge is 2.64. The maximum atomic E-state index is 14.2. The van der Waals surface area contributed by atoms with Gasteiger partial charge in [0.2, 0.25) is 0 Å². The number of anilines is 1.